The number of hydrogen-bond acceptors (Lipinski definition) is 6. The standard InChI is InChI=1S/C25H30FN7O2S/c1-17(2)14-31-9-10-32(36(34,35)25-29-27-16-30(25)4)15-24(31)22-12-19-13-28-33(23(19)11-18(22)3)21-7-5-20(26)6-8-21/h5-8,11-13,16-17,24H,9-10,14-15H2,1-4H3. The number of nitrogens with zero attached hydrogens (tertiary/aromatic N) is 7. The fraction of sp³-hybridized carbons (Fsp3) is 0.400. The van der Waals surface area contributed by atoms with Crippen LogP contribution in [-0.4, -0.2) is 68.3 Å². The van der Waals surface area contributed by atoms with Gasteiger partial charge in [-0.25, -0.2) is 17.5 Å². The first-order valence-electron chi connectivity index (χ1n) is 12.0. The summed E-state index contributed by atoms with van der Waals surface area (Å²) in [4.78, 5) is 2.37. The van der Waals surface area contributed by atoms with Crippen molar-refractivity contribution in [2.45, 2.75) is 32.0 Å². The van der Waals surface area contributed by atoms with Crippen LogP contribution in [0.15, 0.2) is 54.1 Å². The first-order chi connectivity index (χ1) is 17.1. The molecule has 1 atom stereocenters. The largest absolute Gasteiger partial charge is 0.306 e. The van der Waals surface area contributed by atoms with Gasteiger partial charge in [-0.1, -0.05) is 13.8 Å². The molecular weight excluding hydrogens is 481 g/mol. The number of rotatable bonds is 6. The van der Waals surface area contributed by atoms with Crippen LogP contribution in [0, 0.1) is 18.7 Å². The van der Waals surface area contributed by atoms with E-state index in [0.717, 1.165) is 34.3 Å². The Morgan fingerprint density at radius 3 is 2.56 bits per heavy atom. The van der Waals surface area contributed by atoms with Crippen molar-refractivity contribution in [3.63, 3.8) is 0 Å². The van der Waals surface area contributed by atoms with Gasteiger partial charge in [-0.05, 0) is 60.4 Å². The minimum Gasteiger partial charge on any atom is -0.306 e. The lowest BCUT2D eigenvalue weighted by Crippen LogP contribution is -2.51. The van der Waals surface area contributed by atoms with Crippen molar-refractivity contribution in [1.82, 2.24) is 33.8 Å². The first kappa shape index (κ1) is 24.5. The molecule has 3 heterocycles. The van der Waals surface area contributed by atoms with Gasteiger partial charge < -0.3 is 4.57 Å². The van der Waals surface area contributed by atoms with Gasteiger partial charge in [-0.3, -0.25) is 4.90 Å². The maximum atomic E-state index is 13.4. The van der Waals surface area contributed by atoms with E-state index in [2.05, 4.69) is 46.2 Å². The third kappa shape index (κ3) is 4.42. The zero-order valence-corrected chi connectivity index (χ0v) is 21.7. The van der Waals surface area contributed by atoms with Crippen molar-refractivity contribution in [3.05, 3.63) is 65.9 Å². The zero-order chi connectivity index (χ0) is 25.6. The fourth-order valence-corrected chi connectivity index (χ4v) is 6.41. The summed E-state index contributed by atoms with van der Waals surface area (Å²) < 4.78 is 45.0. The van der Waals surface area contributed by atoms with E-state index in [1.165, 1.54) is 27.3 Å². The van der Waals surface area contributed by atoms with Crippen LogP contribution in [-0.2, 0) is 17.1 Å². The van der Waals surface area contributed by atoms with Crippen LogP contribution in [0.2, 0.25) is 0 Å². The Morgan fingerprint density at radius 1 is 1.14 bits per heavy atom. The van der Waals surface area contributed by atoms with Gasteiger partial charge in [0.05, 0.1) is 17.4 Å². The van der Waals surface area contributed by atoms with Crippen LogP contribution in [0.4, 0.5) is 4.39 Å². The minimum atomic E-state index is -3.78. The van der Waals surface area contributed by atoms with Gasteiger partial charge in [0.15, 0.2) is 0 Å². The van der Waals surface area contributed by atoms with E-state index in [0.29, 0.717) is 25.6 Å². The number of benzene rings is 2. The summed E-state index contributed by atoms with van der Waals surface area (Å²) in [6.07, 6.45) is 3.20. The fourth-order valence-electron chi connectivity index (χ4n) is 4.96. The number of halogens is 1. The highest BCUT2D eigenvalue weighted by molar-refractivity contribution is 7.89. The van der Waals surface area contributed by atoms with Gasteiger partial charge in [0.25, 0.3) is 15.2 Å². The van der Waals surface area contributed by atoms with E-state index in [1.807, 2.05) is 6.92 Å². The molecule has 1 aliphatic rings. The van der Waals surface area contributed by atoms with Crippen LogP contribution < -0.4 is 0 Å². The van der Waals surface area contributed by atoms with Crippen LogP contribution >= 0.6 is 0 Å². The molecule has 0 amide bonds. The van der Waals surface area contributed by atoms with Crippen molar-refractivity contribution >= 4 is 20.9 Å². The number of fused-ring (bicyclic) bond motifs is 1. The molecule has 5 rings (SSSR count). The molecule has 1 saturated heterocycles. The number of aromatic nitrogens is 5. The van der Waals surface area contributed by atoms with Gasteiger partial charge >= 0.3 is 0 Å². The molecule has 1 fully saturated rings. The zero-order valence-electron chi connectivity index (χ0n) is 20.8. The van der Waals surface area contributed by atoms with E-state index >= 15 is 0 Å². The average molecular weight is 512 g/mol. The van der Waals surface area contributed by atoms with E-state index in [-0.39, 0.29) is 17.0 Å². The molecule has 1 aliphatic heterocycles. The predicted molar refractivity (Wildman–Crippen MR) is 135 cm³/mol. The van der Waals surface area contributed by atoms with Crippen LogP contribution in [0.25, 0.3) is 16.6 Å². The lowest BCUT2D eigenvalue weighted by atomic mass is 9.96. The Labute approximate surface area is 210 Å². The van der Waals surface area contributed by atoms with Crippen molar-refractivity contribution < 1.29 is 12.8 Å². The van der Waals surface area contributed by atoms with Gasteiger partial charge in [-0.2, -0.15) is 9.40 Å². The van der Waals surface area contributed by atoms with Crippen molar-refractivity contribution in [1.29, 1.82) is 0 Å². The molecule has 2 aromatic carbocycles. The molecule has 9 nitrogen and oxygen atoms in total. The molecule has 1 unspecified atom stereocenters. The van der Waals surface area contributed by atoms with Gasteiger partial charge in [-0.15, -0.1) is 10.2 Å². The highest BCUT2D eigenvalue weighted by atomic mass is 32.2. The SMILES string of the molecule is Cc1cc2c(cnn2-c2ccc(F)cc2)cc1C1CN(S(=O)(=O)c2nncn2C)CCN1CC(C)C. The molecule has 0 N–H and O–H groups in total. The maximum Gasteiger partial charge on any atom is 0.278 e. The van der Waals surface area contributed by atoms with E-state index in [4.69, 9.17) is 0 Å². The van der Waals surface area contributed by atoms with Gasteiger partial charge in [0, 0.05) is 44.7 Å². The minimum absolute atomic E-state index is 0.0497. The Hall–Kier alpha value is -3.15. The number of sulfonamides is 1. The molecule has 0 aliphatic carbocycles. The summed E-state index contributed by atoms with van der Waals surface area (Å²) in [5.74, 6) is 0.136. The normalized spacial score (nSPS) is 17.9. The second-order valence-corrected chi connectivity index (χ2v) is 11.6. The third-order valence-corrected chi connectivity index (χ3v) is 8.52. The summed E-state index contributed by atoms with van der Waals surface area (Å²) in [5, 5.41) is 13.1. The van der Waals surface area contributed by atoms with Gasteiger partial charge in [0.2, 0.25) is 0 Å². The summed E-state index contributed by atoms with van der Waals surface area (Å²) in [7, 11) is -2.15. The number of hydrogen-bond donors (Lipinski definition) is 0. The molecule has 0 saturated carbocycles. The third-order valence-electron chi connectivity index (χ3n) is 6.68. The summed E-state index contributed by atoms with van der Waals surface area (Å²) in [6.45, 7) is 8.56. The molecule has 190 valence electrons. The van der Waals surface area contributed by atoms with Crippen molar-refractivity contribution in [2.24, 2.45) is 13.0 Å². The molecule has 0 radical (unpaired) electrons. The predicted octanol–water partition coefficient (Wildman–Crippen LogP) is 3.31. The smallest absolute Gasteiger partial charge is 0.278 e. The maximum absolute atomic E-state index is 13.4. The molecular formula is C25H30FN7O2S. The van der Waals surface area contributed by atoms with E-state index in [9.17, 15) is 12.8 Å². The van der Waals surface area contributed by atoms with Crippen molar-refractivity contribution in [2.75, 3.05) is 26.2 Å². The second kappa shape index (κ2) is 9.38. The van der Waals surface area contributed by atoms with E-state index in [1.54, 1.807) is 30.1 Å². The second-order valence-electron chi connectivity index (χ2n) is 9.79. The number of aryl methyl sites for hydroxylation is 2. The van der Waals surface area contributed by atoms with Crippen LogP contribution in [0.1, 0.15) is 31.0 Å². The Morgan fingerprint density at radius 2 is 1.89 bits per heavy atom. The van der Waals surface area contributed by atoms with Crippen molar-refractivity contribution in [3.8, 4) is 5.69 Å². The number of piperazine rings is 1. The summed E-state index contributed by atoms with van der Waals surface area (Å²) in [5.41, 5.74) is 3.80. The lowest BCUT2D eigenvalue weighted by molar-refractivity contribution is 0.104. The highest BCUT2D eigenvalue weighted by Crippen LogP contribution is 2.33. The quantitative estimate of drug-likeness (QED) is 0.395. The molecule has 4 aromatic rings. The Balaban J connectivity index is 1.54. The van der Waals surface area contributed by atoms with Gasteiger partial charge in [0.1, 0.15) is 12.1 Å². The molecule has 2 aromatic heterocycles. The monoisotopic (exact) mass is 511 g/mol. The molecule has 11 heteroatoms. The summed E-state index contributed by atoms with van der Waals surface area (Å²) >= 11 is 0. The summed E-state index contributed by atoms with van der Waals surface area (Å²) in [6, 6.07) is 10.3. The first-order valence-corrected chi connectivity index (χ1v) is 13.4. The lowest BCUT2D eigenvalue weighted by Gasteiger charge is -2.42. The Bertz CT molecular complexity index is 1490. The average Bonchev–Trinajstić information content (AvgIpc) is 3.45. The van der Waals surface area contributed by atoms with E-state index < -0.39 is 10.0 Å². The van der Waals surface area contributed by atoms with Crippen LogP contribution in [0.3, 0.4) is 0 Å². The topological polar surface area (TPSA) is 89.1 Å². The highest BCUT2D eigenvalue weighted by Gasteiger charge is 2.37. The van der Waals surface area contributed by atoms with Crippen LogP contribution in [0.5, 0.6) is 0 Å². The molecule has 0 bridgehead atoms. The molecule has 36 heavy (non-hydrogen) atoms. The Kier molecular flexibility index (Phi) is 6.39. The molecule has 0 spiro atoms.